The summed E-state index contributed by atoms with van der Waals surface area (Å²) < 4.78 is 52.4. The van der Waals surface area contributed by atoms with Gasteiger partial charge >= 0.3 is 12.1 Å². The molecule has 2 amide bonds. The number of aliphatic hydroxyl groups is 1. The Morgan fingerprint density at radius 2 is 1.88 bits per heavy atom. The van der Waals surface area contributed by atoms with E-state index in [-0.39, 0.29) is 55.5 Å². The van der Waals surface area contributed by atoms with Crippen molar-refractivity contribution in [2.75, 3.05) is 50.6 Å². The van der Waals surface area contributed by atoms with Gasteiger partial charge in [0, 0.05) is 37.2 Å². The molecule has 1 atom stereocenters. The molecule has 1 aliphatic rings. The second-order valence-electron chi connectivity index (χ2n) is 12.4. The van der Waals surface area contributed by atoms with E-state index in [1.54, 1.807) is 12.1 Å². The Labute approximate surface area is 299 Å². The lowest BCUT2D eigenvalue weighted by molar-refractivity contribution is -0.143. The number of nitrogens with zero attached hydrogens (tertiary/aromatic N) is 1. The number of rotatable bonds is 15. The number of benzene rings is 2. The van der Waals surface area contributed by atoms with Crippen LogP contribution in [-0.2, 0) is 20.7 Å². The number of amides is 2. The maximum absolute atomic E-state index is 13.8. The van der Waals surface area contributed by atoms with Crippen molar-refractivity contribution in [3.8, 4) is 17.6 Å². The molecule has 1 saturated heterocycles. The summed E-state index contributed by atoms with van der Waals surface area (Å²) in [6, 6.07) is 9.35. The summed E-state index contributed by atoms with van der Waals surface area (Å²) in [5.74, 6) is 4.03. The first-order valence-electron chi connectivity index (χ1n) is 16.7. The number of alkyl halides is 3. The standard InChI is InChI=1S/C36H44F3N5O6S/c1-22(2)44-16-13-24(14-17-44)42-28-7-4-6-25-26(21-36(37,38)39)31(51-33(25)28)8-5-15-41-27-10-9-23(20-30(27)50-19-18-45)34(47)43-29(35(48)49-3)11-12-32(40)46/h4,6-7,9-10,20,22,24,29,41-42,45H,11-19,21H2,1-3H3,(H2,40,46)(H,43,47). The van der Waals surface area contributed by atoms with E-state index in [1.165, 1.54) is 29.5 Å². The molecule has 0 spiro atoms. The molecule has 4 rings (SSSR count). The summed E-state index contributed by atoms with van der Waals surface area (Å²) in [4.78, 5) is 39.1. The number of fused-ring (bicyclic) bond motifs is 1. The zero-order chi connectivity index (χ0) is 37.1. The van der Waals surface area contributed by atoms with Crippen molar-refractivity contribution < 1.29 is 42.1 Å². The van der Waals surface area contributed by atoms with Crippen LogP contribution >= 0.6 is 11.3 Å². The van der Waals surface area contributed by atoms with Crippen LogP contribution in [0.2, 0.25) is 0 Å². The predicted molar refractivity (Wildman–Crippen MR) is 191 cm³/mol. The zero-order valence-electron chi connectivity index (χ0n) is 28.8. The fraction of sp³-hybridized carbons (Fsp3) is 0.472. The number of methoxy groups -OCH3 is 1. The molecule has 51 heavy (non-hydrogen) atoms. The molecule has 1 aromatic heterocycles. The Hall–Kier alpha value is -4.52. The van der Waals surface area contributed by atoms with Gasteiger partial charge in [-0.25, -0.2) is 4.79 Å². The van der Waals surface area contributed by atoms with Gasteiger partial charge in [-0.15, -0.1) is 11.3 Å². The number of ether oxygens (including phenoxy) is 2. The summed E-state index contributed by atoms with van der Waals surface area (Å²) in [7, 11) is 1.15. The van der Waals surface area contributed by atoms with Gasteiger partial charge < -0.3 is 41.2 Å². The first-order valence-corrected chi connectivity index (χ1v) is 17.5. The second-order valence-corrected chi connectivity index (χ2v) is 13.4. The number of primary amides is 1. The monoisotopic (exact) mass is 731 g/mol. The van der Waals surface area contributed by atoms with Crippen LogP contribution in [-0.4, -0.2) is 92.0 Å². The largest absolute Gasteiger partial charge is 0.489 e. The third-order valence-corrected chi connectivity index (χ3v) is 9.64. The van der Waals surface area contributed by atoms with Gasteiger partial charge in [0.1, 0.15) is 18.4 Å². The minimum absolute atomic E-state index is 0.0256. The first-order chi connectivity index (χ1) is 24.3. The minimum Gasteiger partial charge on any atom is -0.489 e. The van der Waals surface area contributed by atoms with Crippen molar-refractivity contribution in [3.05, 3.63) is 52.4 Å². The Kier molecular flexibility index (Phi) is 13.9. The van der Waals surface area contributed by atoms with E-state index < -0.39 is 36.4 Å². The van der Waals surface area contributed by atoms with E-state index in [0.717, 1.165) is 43.4 Å². The van der Waals surface area contributed by atoms with Crippen LogP contribution in [0.3, 0.4) is 0 Å². The van der Waals surface area contributed by atoms with E-state index in [4.69, 9.17) is 15.2 Å². The van der Waals surface area contributed by atoms with Gasteiger partial charge in [0.05, 0.1) is 47.6 Å². The van der Waals surface area contributed by atoms with E-state index in [0.29, 0.717) is 22.0 Å². The van der Waals surface area contributed by atoms with Gasteiger partial charge in [-0.1, -0.05) is 24.0 Å². The summed E-state index contributed by atoms with van der Waals surface area (Å²) in [5.41, 5.74) is 6.65. The number of likely N-dealkylation sites (tertiary alicyclic amines) is 1. The number of hydrogen-bond acceptors (Lipinski definition) is 10. The van der Waals surface area contributed by atoms with E-state index in [2.05, 4.69) is 46.5 Å². The number of halogens is 3. The van der Waals surface area contributed by atoms with Crippen molar-refractivity contribution in [2.24, 2.45) is 5.73 Å². The van der Waals surface area contributed by atoms with Crippen LogP contribution in [0.5, 0.6) is 5.75 Å². The average Bonchev–Trinajstić information content (AvgIpc) is 3.43. The van der Waals surface area contributed by atoms with Gasteiger partial charge in [0.25, 0.3) is 5.91 Å². The third-order valence-electron chi connectivity index (χ3n) is 8.45. The van der Waals surface area contributed by atoms with Crippen LogP contribution < -0.4 is 26.4 Å². The van der Waals surface area contributed by atoms with Crippen LogP contribution in [0.1, 0.15) is 60.3 Å². The molecule has 15 heteroatoms. The number of carbonyl (C=O) groups excluding carboxylic acids is 3. The first kappa shape index (κ1) is 39.3. The molecule has 2 heterocycles. The number of carbonyl (C=O) groups is 3. The van der Waals surface area contributed by atoms with Gasteiger partial charge in [-0.2, -0.15) is 13.2 Å². The van der Waals surface area contributed by atoms with Gasteiger partial charge in [-0.05, 0) is 68.3 Å². The highest BCUT2D eigenvalue weighted by atomic mass is 32.1. The molecule has 1 aliphatic heterocycles. The zero-order valence-corrected chi connectivity index (χ0v) is 29.6. The molecule has 0 aliphatic carbocycles. The Morgan fingerprint density at radius 1 is 1.14 bits per heavy atom. The van der Waals surface area contributed by atoms with E-state index in [1.807, 2.05) is 6.07 Å². The maximum atomic E-state index is 13.8. The number of thiophene rings is 1. The predicted octanol–water partition coefficient (Wildman–Crippen LogP) is 4.66. The normalized spacial score (nSPS) is 14.4. The van der Waals surface area contributed by atoms with E-state index in [9.17, 15) is 32.7 Å². The smallest absolute Gasteiger partial charge is 0.393 e. The lowest BCUT2D eigenvalue weighted by atomic mass is 10.0. The van der Waals surface area contributed by atoms with Crippen molar-refractivity contribution >= 4 is 50.6 Å². The molecule has 6 N–H and O–H groups in total. The number of nitrogens with two attached hydrogens (primary N) is 1. The fourth-order valence-electron chi connectivity index (χ4n) is 5.81. The highest BCUT2D eigenvalue weighted by molar-refractivity contribution is 7.20. The highest BCUT2D eigenvalue weighted by Gasteiger charge is 2.31. The lowest BCUT2D eigenvalue weighted by Gasteiger charge is -2.35. The summed E-state index contributed by atoms with van der Waals surface area (Å²) in [5, 5.41) is 19.0. The van der Waals surface area contributed by atoms with Crippen molar-refractivity contribution in [1.29, 1.82) is 0 Å². The third kappa shape index (κ3) is 11.2. The number of anilines is 2. The molecule has 11 nitrogen and oxygen atoms in total. The molecule has 1 unspecified atom stereocenters. The Morgan fingerprint density at radius 3 is 2.53 bits per heavy atom. The molecule has 3 aromatic rings. The van der Waals surface area contributed by atoms with Crippen LogP contribution in [0, 0.1) is 11.8 Å². The minimum atomic E-state index is -4.43. The Bertz CT molecular complexity index is 1740. The number of piperidine rings is 1. The molecule has 276 valence electrons. The number of hydrogen-bond donors (Lipinski definition) is 5. The quantitative estimate of drug-likeness (QED) is 0.111. The van der Waals surface area contributed by atoms with Crippen molar-refractivity contribution in [2.45, 2.75) is 70.3 Å². The molecule has 2 aromatic carbocycles. The molecule has 0 bridgehead atoms. The van der Waals surface area contributed by atoms with Crippen LogP contribution in [0.15, 0.2) is 36.4 Å². The second kappa shape index (κ2) is 18.1. The number of nitrogens with one attached hydrogen (secondary N) is 3. The van der Waals surface area contributed by atoms with Crippen molar-refractivity contribution in [1.82, 2.24) is 10.2 Å². The average molecular weight is 732 g/mol. The fourth-order valence-corrected chi connectivity index (χ4v) is 6.98. The topological polar surface area (TPSA) is 155 Å². The number of aliphatic hydroxyl groups excluding tert-OH is 1. The maximum Gasteiger partial charge on any atom is 0.393 e. The van der Waals surface area contributed by atoms with Gasteiger partial charge in [-0.3, -0.25) is 9.59 Å². The lowest BCUT2D eigenvalue weighted by Crippen LogP contribution is -2.42. The molecular formula is C36H44F3N5O6S. The van der Waals surface area contributed by atoms with Gasteiger partial charge in [0.15, 0.2) is 0 Å². The van der Waals surface area contributed by atoms with Crippen molar-refractivity contribution in [3.63, 3.8) is 0 Å². The number of esters is 1. The molecular weight excluding hydrogens is 687 g/mol. The molecule has 0 radical (unpaired) electrons. The summed E-state index contributed by atoms with van der Waals surface area (Å²) in [6.45, 7) is 5.87. The summed E-state index contributed by atoms with van der Waals surface area (Å²) in [6.07, 6.45) is -3.86. The molecule has 1 fully saturated rings. The summed E-state index contributed by atoms with van der Waals surface area (Å²) >= 11 is 1.23. The van der Waals surface area contributed by atoms with Gasteiger partial charge in [0.2, 0.25) is 5.91 Å². The Balaban J connectivity index is 1.53. The van der Waals surface area contributed by atoms with Crippen LogP contribution in [0.25, 0.3) is 10.1 Å². The molecule has 0 saturated carbocycles. The van der Waals surface area contributed by atoms with E-state index >= 15 is 0 Å². The SMILES string of the molecule is COC(=O)C(CCC(N)=O)NC(=O)c1ccc(NCC#Cc2sc3c(NC4CCN(C(C)C)CC4)cccc3c2CC(F)(F)F)c(OCCO)c1. The highest BCUT2D eigenvalue weighted by Crippen LogP contribution is 2.39. The van der Waals surface area contributed by atoms with Crippen LogP contribution in [0.4, 0.5) is 24.5 Å².